The number of nitriles is 1. The first-order valence-corrected chi connectivity index (χ1v) is 8.36. The van der Waals surface area contributed by atoms with Gasteiger partial charge in [-0.15, -0.1) is 0 Å². The maximum absolute atomic E-state index is 13.4. The Morgan fingerprint density at radius 2 is 1.93 bits per heavy atom. The minimum Gasteiger partial charge on any atom is -0.325 e. The fourth-order valence-corrected chi connectivity index (χ4v) is 2.57. The molecule has 0 fully saturated rings. The maximum Gasteiger partial charge on any atom is 0.255 e. The molecule has 0 aliphatic rings. The minimum atomic E-state index is -0.467. The number of aryl methyl sites for hydroxylation is 1. The summed E-state index contributed by atoms with van der Waals surface area (Å²) in [7, 11) is 0. The molecule has 0 unspecified atom stereocenters. The van der Waals surface area contributed by atoms with Gasteiger partial charge in [-0.1, -0.05) is 12.1 Å². The van der Waals surface area contributed by atoms with Crippen LogP contribution in [0.4, 0.5) is 21.7 Å². The lowest BCUT2D eigenvalue weighted by Gasteiger charge is -2.14. The Balaban J connectivity index is 1.85. The van der Waals surface area contributed by atoms with Crippen LogP contribution in [0.15, 0.2) is 59.4 Å². The molecule has 7 nitrogen and oxygen atoms in total. The van der Waals surface area contributed by atoms with Gasteiger partial charge in [-0.05, 0) is 43.3 Å². The third kappa shape index (κ3) is 4.59. The van der Waals surface area contributed by atoms with E-state index in [1.54, 1.807) is 31.2 Å². The van der Waals surface area contributed by atoms with Crippen molar-refractivity contribution >= 4 is 23.2 Å². The van der Waals surface area contributed by atoms with Gasteiger partial charge in [0.15, 0.2) is 0 Å². The zero-order chi connectivity index (χ0) is 20.1. The lowest BCUT2D eigenvalue weighted by atomic mass is 10.2. The van der Waals surface area contributed by atoms with E-state index in [1.165, 1.54) is 30.3 Å². The second kappa shape index (κ2) is 8.14. The quantitative estimate of drug-likeness (QED) is 0.712. The Kier molecular flexibility index (Phi) is 5.46. The lowest BCUT2D eigenvalue weighted by Crippen LogP contribution is -2.30. The first-order valence-electron chi connectivity index (χ1n) is 8.36. The molecule has 1 heterocycles. The summed E-state index contributed by atoms with van der Waals surface area (Å²) in [5.74, 6) is -0.789. The van der Waals surface area contributed by atoms with Crippen molar-refractivity contribution in [3.63, 3.8) is 0 Å². The summed E-state index contributed by atoms with van der Waals surface area (Å²) in [6.07, 6.45) is 0. The van der Waals surface area contributed by atoms with Crippen molar-refractivity contribution in [3.8, 4) is 6.07 Å². The molecule has 0 aliphatic heterocycles. The van der Waals surface area contributed by atoms with Crippen LogP contribution < -0.4 is 16.2 Å². The van der Waals surface area contributed by atoms with E-state index in [0.717, 1.165) is 4.57 Å². The standard InChI is InChI=1S/C20H16FN5O2/c1-13-8-19(28)26(20(23-13)25-17-7-3-5-15(21)10-17)12-18(27)24-16-6-2-4-14(9-16)11-22/h2-10H,12H2,1H3,(H,23,25)(H,24,27). The van der Waals surface area contributed by atoms with Crippen molar-refractivity contribution in [3.05, 3.63) is 82.0 Å². The van der Waals surface area contributed by atoms with E-state index in [-0.39, 0.29) is 12.5 Å². The number of carbonyl (C=O) groups excluding carboxylic acids is 1. The predicted octanol–water partition coefficient (Wildman–Crippen LogP) is 2.94. The number of benzene rings is 2. The molecule has 3 rings (SSSR count). The van der Waals surface area contributed by atoms with Crippen LogP contribution in [0.3, 0.4) is 0 Å². The van der Waals surface area contributed by atoms with Gasteiger partial charge in [-0.2, -0.15) is 5.26 Å². The van der Waals surface area contributed by atoms with Crippen molar-refractivity contribution < 1.29 is 9.18 Å². The van der Waals surface area contributed by atoms with Crippen molar-refractivity contribution in [2.24, 2.45) is 0 Å². The van der Waals surface area contributed by atoms with Crippen molar-refractivity contribution in [2.45, 2.75) is 13.5 Å². The average Bonchev–Trinajstić information content (AvgIpc) is 2.64. The molecule has 1 aromatic heterocycles. The van der Waals surface area contributed by atoms with E-state index in [4.69, 9.17) is 5.26 Å². The van der Waals surface area contributed by atoms with Crippen molar-refractivity contribution in [1.29, 1.82) is 5.26 Å². The Bertz CT molecular complexity index is 1130. The van der Waals surface area contributed by atoms with Crippen molar-refractivity contribution in [1.82, 2.24) is 9.55 Å². The van der Waals surface area contributed by atoms with Crippen LogP contribution in [0.2, 0.25) is 0 Å². The fraction of sp³-hybridized carbons (Fsp3) is 0.100. The average molecular weight is 377 g/mol. The van der Waals surface area contributed by atoms with Gasteiger partial charge in [0.1, 0.15) is 12.4 Å². The normalized spacial score (nSPS) is 10.2. The van der Waals surface area contributed by atoms with Gasteiger partial charge in [0.05, 0.1) is 11.6 Å². The summed E-state index contributed by atoms with van der Waals surface area (Å²) in [6, 6.07) is 15.4. The van der Waals surface area contributed by atoms with E-state index >= 15 is 0 Å². The summed E-state index contributed by atoms with van der Waals surface area (Å²) in [5, 5.41) is 14.5. The first kappa shape index (κ1) is 18.8. The molecule has 1 amide bonds. The fourth-order valence-electron chi connectivity index (χ4n) is 2.57. The molecule has 0 saturated carbocycles. The SMILES string of the molecule is Cc1cc(=O)n(CC(=O)Nc2cccc(C#N)c2)c(Nc2cccc(F)c2)n1. The van der Waals surface area contributed by atoms with Gasteiger partial charge in [0.25, 0.3) is 5.56 Å². The molecule has 8 heteroatoms. The van der Waals surface area contributed by atoms with Crippen molar-refractivity contribution in [2.75, 3.05) is 10.6 Å². The number of aromatic nitrogens is 2. The largest absolute Gasteiger partial charge is 0.325 e. The predicted molar refractivity (Wildman–Crippen MR) is 103 cm³/mol. The number of nitrogens with zero attached hydrogens (tertiary/aromatic N) is 3. The number of nitrogens with one attached hydrogen (secondary N) is 2. The van der Waals surface area contributed by atoms with Gasteiger partial charge >= 0.3 is 0 Å². The van der Waals surface area contributed by atoms with Crippen LogP contribution in [-0.2, 0) is 11.3 Å². The molecular weight excluding hydrogens is 361 g/mol. The Hall–Kier alpha value is -3.99. The molecule has 0 radical (unpaired) electrons. The van der Waals surface area contributed by atoms with E-state index in [2.05, 4.69) is 15.6 Å². The Labute approximate surface area is 160 Å². The topological polar surface area (TPSA) is 99.8 Å². The second-order valence-corrected chi connectivity index (χ2v) is 6.02. The molecule has 0 saturated heterocycles. The number of anilines is 3. The number of amides is 1. The minimum absolute atomic E-state index is 0.122. The van der Waals surface area contributed by atoms with Gasteiger partial charge in [-0.3, -0.25) is 14.2 Å². The summed E-state index contributed by atoms with van der Waals surface area (Å²) in [6.45, 7) is 1.34. The molecule has 0 aliphatic carbocycles. The van der Waals surface area contributed by atoms with Crippen LogP contribution in [0.5, 0.6) is 0 Å². The molecule has 0 spiro atoms. The Morgan fingerprint density at radius 1 is 1.18 bits per heavy atom. The summed E-state index contributed by atoms with van der Waals surface area (Å²) in [4.78, 5) is 29.1. The highest BCUT2D eigenvalue weighted by Gasteiger charge is 2.12. The maximum atomic E-state index is 13.4. The molecule has 0 bridgehead atoms. The first-order chi connectivity index (χ1) is 13.4. The molecule has 140 valence electrons. The summed E-state index contributed by atoms with van der Waals surface area (Å²) >= 11 is 0. The number of halogens is 1. The van der Waals surface area contributed by atoms with Crippen LogP contribution in [0.25, 0.3) is 0 Å². The Morgan fingerprint density at radius 3 is 2.68 bits per heavy atom. The third-order valence-electron chi connectivity index (χ3n) is 3.79. The van der Waals surface area contributed by atoms with Gasteiger partial charge in [-0.25, -0.2) is 9.37 Å². The molecule has 3 aromatic rings. The smallest absolute Gasteiger partial charge is 0.255 e. The summed E-state index contributed by atoms with van der Waals surface area (Å²) in [5.41, 5.74) is 1.28. The van der Waals surface area contributed by atoms with Crippen LogP contribution in [0.1, 0.15) is 11.3 Å². The monoisotopic (exact) mass is 377 g/mol. The van der Waals surface area contributed by atoms with Gasteiger partial charge in [0, 0.05) is 23.1 Å². The third-order valence-corrected chi connectivity index (χ3v) is 3.79. The van der Waals surface area contributed by atoms with Gasteiger partial charge < -0.3 is 10.6 Å². The van der Waals surface area contributed by atoms with E-state index in [0.29, 0.717) is 22.6 Å². The molecule has 2 N–H and O–H groups in total. The zero-order valence-corrected chi connectivity index (χ0v) is 14.9. The van der Waals surface area contributed by atoms with E-state index < -0.39 is 17.3 Å². The van der Waals surface area contributed by atoms with Gasteiger partial charge in [0.2, 0.25) is 11.9 Å². The number of hydrogen-bond acceptors (Lipinski definition) is 5. The second-order valence-electron chi connectivity index (χ2n) is 6.02. The number of rotatable bonds is 5. The zero-order valence-electron chi connectivity index (χ0n) is 14.9. The highest BCUT2D eigenvalue weighted by molar-refractivity contribution is 5.91. The number of carbonyl (C=O) groups is 1. The number of hydrogen-bond donors (Lipinski definition) is 2. The van der Waals surface area contributed by atoms with E-state index in [9.17, 15) is 14.0 Å². The highest BCUT2D eigenvalue weighted by atomic mass is 19.1. The highest BCUT2D eigenvalue weighted by Crippen LogP contribution is 2.15. The van der Waals surface area contributed by atoms with Crippen LogP contribution in [-0.4, -0.2) is 15.5 Å². The van der Waals surface area contributed by atoms with E-state index in [1.807, 2.05) is 6.07 Å². The van der Waals surface area contributed by atoms with Crippen LogP contribution >= 0.6 is 0 Å². The molecule has 2 aromatic carbocycles. The molecule has 0 atom stereocenters. The lowest BCUT2D eigenvalue weighted by molar-refractivity contribution is -0.116. The molecule has 28 heavy (non-hydrogen) atoms. The molecular formula is C20H16FN5O2. The van der Waals surface area contributed by atoms with Crippen LogP contribution in [0, 0.1) is 24.1 Å². The summed E-state index contributed by atoms with van der Waals surface area (Å²) < 4.78 is 14.6.